The Morgan fingerprint density at radius 2 is 1.76 bits per heavy atom. The Kier molecular flexibility index (Phi) is 7.82. The second-order valence-corrected chi connectivity index (χ2v) is 5.20. The van der Waals surface area contributed by atoms with Crippen molar-refractivity contribution in [2.24, 2.45) is 5.92 Å². The first-order valence-electron chi connectivity index (χ1n) is 7.29. The number of rotatable bonds is 9. The van der Waals surface area contributed by atoms with E-state index in [9.17, 15) is 0 Å². The fourth-order valence-electron chi connectivity index (χ4n) is 2.49. The first kappa shape index (κ1) is 14.9. The molecular weight excluding hydrogens is 212 g/mol. The second kappa shape index (κ2) is 8.90. The Bertz CT molecular complexity index is 179. The van der Waals surface area contributed by atoms with E-state index in [4.69, 9.17) is 4.74 Å². The van der Waals surface area contributed by atoms with Gasteiger partial charge in [-0.2, -0.15) is 0 Å². The molecule has 1 saturated heterocycles. The van der Waals surface area contributed by atoms with Gasteiger partial charge < -0.3 is 15.0 Å². The summed E-state index contributed by atoms with van der Waals surface area (Å²) in [5, 5.41) is 3.38. The van der Waals surface area contributed by atoms with E-state index in [-0.39, 0.29) is 0 Å². The van der Waals surface area contributed by atoms with Crippen LogP contribution >= 0.6 is 0 Å². The smallest absolute Gasteiger partial charge is 0.0623 e. The van der Waals surface area contributed by atoms with Crippen LogP contribution in [0.2, 0.25) is 0 Å². The molecule has 1 rings (SSSR count). The van der Waals surface area contributed by atoms with Gasteiger partial charge in [0.15, 0.2) is 0 Å². The molecule has 0 amide bonds. The molecule has 17 heavy (non-hydrogen) atoms. The van der Waals surface area contributed by atoms with E-state index in [2.05, 4.69) is 31.1 Å². The number of unbranched alkanes of at least 4 members (excludes halogenated alkanes) is 2. The Morgan fingerprint density at radius 3 is 2.29 bits per heavy atom. The molecular formula is C14H30N2O. The van der Waals surface area contributed by atoms with E-state index >= 15 is 0 Å². The zero-order valence-corrected chi connectivity index (χ0v) is 11.9. The van der Waals surface area contributed by atoms with Gasteiger partial charge in [0, 0.05) is 18.5 Å². The summed E-state index contributed by atoms with van der Waals surface area (Å²) in [6, 6.07) is 0.556. The predicted octanol–water partition coefficient (Wildman–Crippen LogP) is 2.12. The highest BCUT2D eigenvalue weighted by Gasteiger charge is 2.28. The molecule has 0 aromatic rings. The monoisotopic (exact) mass is 242 g/mol. The van der Waals surface area contributed by atoms with Crippen LogP contribution in [-0.2, 0) is 4.74 Å². The second-order valence-electron chi connectivity index (χ2n) is 5.20. The minimum Gasteiger partial charge on any atom is -0.379 e. The summed E-state index contributed by atoms with van der Waals surface area (Å²) in [4.78, 5) is 2.64. The van der Waals surface area contributed by atoms with Crippen molar-refractivity contribution >= 4 is 0 Å². The number of ether oxygens (including phenoxy) is 1. The number of hydrogen-bond donors (Lipinski definition) is 1. The zero-order valence-electron chi connectivity index (χ0n) is 11.9. The quantitative estimate of drug-likeness (QED) is 0.670. The summed E-state index contributed by atoms with van der Waals surface area (Å²) in [5.41, 5.74) is 0. The molecule has 0 spiro atoms. The van der Waals surface area contributed by atoms with Crippen LogP contribution in [0.3, 0.4) is 0 Å². The van der Waals surface area contributed by atoms with Gasteiger partial charge in [-0.3, -0.25) is 0 Å². The van der Waals surface area contributed by atoms with E-state index in [0.29, 0.717) is 12.0 Å². The summed E-state index contributed by atoms with van der Waals surface area (Å²) in [6.07, 6.45) is 5.22. The third kappa shape index (κ3) is 5.36. The third-order valence-corrected chi connectivity index (χ3v) is 3.72. The maximum Gasteiger partial charge on any atom is 0.0623 e. The van der Waals surface area contributed by atoms with E-state index < -0.39 is 0 Å². The van der Waals surface area contributed by atoms with Gasteiger partial charge in [0.25, 0.3) is 0 Å². The summed E-state index contributed by atoms with van der Waals surface area (Å²) >= 11 is 0. The lowest BCUT2D eigenvalue weighted by molar-refractivity contribution is 0.165. The van der Waals surface area contributed by atoms with Crippen LogP contribution < -0.4 is 5.32 Å². The zero-order chi connectivity index (χ0) is 12.5. The largest absolute Gasteiger partial charge is 0.379 e. The van der Waals surface area contributed by atoms with Crippen LogP contribution in [0.25, 0.3) is 0 Å². The van der Waals surface area contributed by atoms with Gasteiger partial charge >= 0.3 is 0 Å². The van der Waals surface area contributed by atoms with Crippen LogP contribution in [0.15, 0.2) is 0 Å². The van der Waals surface area contributed by atoms with Crippen molar-refractivity contribution in [2.75, 3.05) is 39.9 Å². The number of nitrogens with one attached hydrogen (secondary N) is 1. The number of nitrogens with zero attached hydrogens (tertiary/aromatic N) is 1. The summed E-state index contributed by atoms with van der Waals surface area (Å²) < 4.78 is 5.58. The van der Waals surface area contributed by atoms with Crippen LogP contribution in [0.1, 0.15) is 39.5 Å². The SMILES string of the molecule is CCCCN(CCCC)CC1COCC1NC. The average molecular weight is 242 g/mol. The Labute approximate surface area is 107 Å². The Morgan fingerprint density at radius 1 is 1.12 bits per heavy atom. The van der Waals surface area contributed by atoms with Crippen LogP contribution in [0, 0.1) is 5.92 Å². The molecule has 3 nitrogen and oxygen atoms in total. The summed E-state index contributed by atoms with van der Waals surface area (Å²) in [5.74, 6) is 0.675. The molecule has 1 fully saturated rings. The Hall–Kier alpha value is -0.120. The molecule has 0 aliphatic carbocycles. The highest BCUT2D eigenvalue weighted by atomic mass is 16.5. The lowest BCUT2D eigenvalue weighted by Gasteiger charge is -2.27. The van der Waals surface area contributed by atoms with Crippen molar-refractivity contribution in [3.63, 3.8) is 0 Å². The van der Waals surface area contributed by atoms with Crippen molar-refractivity contribution in [1.82, 2.24) is 10.2 Å². The highest BCUT2D eigenvalue weighted by Crippen LogP contribution is 2.15. The molecule has 0 aromatic heterocycles. The highest BCUT2D eigenvalue weighted by molar-refractivity contribution is 4.82. The van der Waals surface area contributed by atoms with Crippen LogP contribution in [-0.4, -0.2) is 50.8 Å². The molecule has 2 unspecified atom stereocenters. The molecule has 1 aliphatic rings. The number of hydrogen-bond acceptors (Lipinski definition) is 3. The molecule has 2 atom stereocenters. The van der Waals surface area contributed by atoms with Crippen molar-refractivity contribution in [3.05, 3.63) is 0 Å². The van der Waals surface area contributed by atoms with Gasteiger partial charge in [0.05, 0.1) is 13.2 Å². The minimum atomic E-state index is 0.556. The molecule has 102 valence electrons. The number of likely N-dealkylation sites (N-methyl/N-ethyl adjacent to an activating group) is 1. The normalized spacial score (nSPS) is 24.7. The van der Waals surface area contributed by atoms with E-state index in [1.165, 1.54) is 45.3 Å². The van der Waals surface area contributed by atoms with Gasteiger partial charge in [-0.1, -0.05) is 26.7 Å². The van der Waals surface area contributed by atoms with Crippen LogP contribution in [0.5, 0.6) is 0 Å². The average Bonchev–Trinajstić information content (AvgIpc) is 2.79. The van der Waals surface area contributed by atoms with Gasteiger partial charge in [0.1, 0.15) is 0 Å². The van der Waals surface area contributed by atoms with Gasteiger partial charge in [0.2, 0.25) is 0 Å². The van der Waals surface area contributed by atoms with Crippen molar-refractivity contribution < 1.29 is 4.74 Å². The molecule has 0 radical (unpaired) electrons. The van der Waals surface area contributed by atoms with Gasteiger partial charge in [-0.05, 0) is 33.0 Å². The maximum absolute atomic E-state index is 5.58. The van der Waals surface area contributed by atoms with Gasteiger partial charge in [-0.15, -0.1) is 0 Å². The predicted molar refractivity (Wildman–Crippen MR) is 73.4 cm³/mol. The van der Waals surface area contributed by atoms with Crippen molar-refractivity contribution in [1.29, 1.82) is 0 Å². The molecule has 1 aliphatic heterocycles. The molecule has 0 saturated carbocycles. The summed E-state index contributed by atoms with van der Waals surface area (Å²) in [6.45, 7) is 10.1. The van der Waals surface area contributed by atoms with Crippen LogP contribution in [0.4, 0.5) is 0 Å². The lowest BCUT2D eigenvalue weighted by Crippen LogP contribution is -2.40. The fraction of sp³-hybridized carbons (Fsp3) is 1.00. The molecule has 1 N–H and O–H groups in total. The molecule has 3 heteroatoms. The molecule has 0 aromatic carbocycles. The van der Waals surface area contributed by atoms with Crippen molar-refractivity contribution in [2.45, 2.75) is 45.6 Å². The minimum absolute atomic E-state index is 0.556. The summed E-state index contributed by atoms with van der Waals surface area (Å²) in [7, 11) is 2.05. The standard InChI is InChI=1S/C14H30N2O/c1-4-6-8-16(9-7-5-2)10-13-11-17-12-14(13)15-3/h13-15H,4-12H2,1-3H3. The van der Waals surface area contributed by atoms with E-state index in [0.717, 1.165) is 13.2 Å². The topological polar surface area (TPSA) is 24.5 Å². The third-order valence-electron chi connectivity index (χ3n) is 3.72. The van der Waals surface area contributed by atoms with E-state index in [1.807, 2.05) is 0 Å². The molecule has 1 heterocycles. The van der Waals surface area contributed by atoms with Gasteiger partial charge in [-0.25, -0.2) is 0 Å². The molecule has 0 bridgehead atoms. The Balaban J connectivity index is 2.34. The fourth-order valence-corrected chi connectivity index (χ4v) is 2.49. The first-order chi connectivity index (χ1) is 8.31. The van der Waals surface area contributed by atoms with E-state index in [1.54, 1.807) is 0 Å². The first-order valence-corrected chi connectivity index (χ1v) is 7.29. The maximum atomic E-state index is 5.58. The van der Waals surface area contributed by atoms with Crippen molar-refractivity contribution in [3.8, 4) is 0 Å². The lowest BCUT2D eigenvalue weighted by atomic mass is 10.0.